The molecule has 1 N–H and O–H groups in total. The highest BCUT2D eigenvalue weighted by atomic mass is 35.5. The molecular weight excluding hydrogens is 726 g/mol. The van der Waals surface area contributed by atoms with Crippen molar-refractivity contribution in [3.63, 3.8) is 0 Å². The average molecular weight is 831 g/mol. The van der Waals surface area contributed by atoms with Crippen LogP contribution < -0.4 is 0 Å². The normalized spacial score (nSPS) is 13.5. The summed E-state index contributed by atoms with van der Waals surface area (Å²) in [4.78, 5) is 2.48. The van der Waals surface area contributed by atoms with E-state index in [0.29, 0.717) is 25.0 Å². The molecule has 0 saturated carbocycles. The minimum atomic E-state index is -0.636. The van der Waals surface area contributed by atoms with E-state index in [0.717, 1.165) is 71.4 Å². The molecular formula is C51H104ClNO4. The highest BCUT2D eigenvalue weighted by Crippen LogP contribution is 2.21. The van der Waals surface area contributed by atoms with Crippen LogP contribution in [0.4, 0.5) is 0 Å². The van der Waals surface area contributed by atoms with E-state index >= 15 is 0 Å². The number of unbranched alkanes of at least 4 members (excludes halogenated alkanes) is 28. The first-order chi connectivity index (χ1) is 28.1. The van der Waals surface area contributed by atoms with Crippen molar-refractivity contribution in [2.75, 3.05) is 51.9 Å². The van der Waals surface area contributed by atoms with E-state index in [2.05, 4.69) is 32.6 Å². The number of alkyl halides is 1. The second-order valence-electron chi connectivity index (χ2n) is 17.8. The first-order valence-corrected chi connectivity index (χ1v) is 26.4. The minimum absolute atomic E-state index is 0.0939. The van der Waals surface area contributed by atoms with Gasteiger partial charge in [-0.1, -0.05) is 214 Å². The maximum Gasteiger partial charge on any atom is 0.154 e. The van der Waals surface area contributed by atoms with Crippen molar-refractivity contribution < 1.29 is 19.3 Å². The first-order valence-electron chi connectivity index (χ1n) is 25.9. The van der Waals surface area contributed by atoms with Crippen LogP contribution in [0, 0.1) is 5.92 Å². The van der Waals surface area contributed by atoms with E-state index in [9.17, 15) is 5.11 Å². The van der Waals surface area contributed by atoms with Crippen LogP contribution in [-0.4, -0.2) is 74.3 Å². The third-order valence-electron chi connectivity index (χ3n) is 12.0. The van der Waals surface area contributed by atoms with Gasteiger partial charge in [0.25, 0.3) is 0 Å². The molecule has 0 aromatic rings. The van der Waals surface area contributed by atoms with Crippen LogP contribution in [0.5, 0.6) is 0 Å². The topological polar surface area (TPSA) is 51.2 Å². The van der Waals surface area contributed by atoms with Gasteiger partial charge in [-0.25, -0.2) is 0 Å². The molecule has 5 nitrogen and oxygen atoms in total. The minimum Gasteiger partial charge on any atom is -0.379 e. The summed E-state index contributed by atoms with van der Waals surface area (Å²) in [7, 11) is 0. The lowest BCUT2D eigenvalue weighted by Gasteiger charge is -2.27. The standard InChI is InChI=1S/C51H104ClNO4/c1-5-9-13-17-20-22-24-26-29-36-44-55-48-50(56-45-37-30-27-25-23-21-18-14-10-6-2)46-53(43-41-52)42-35-31-34-40-51(54)57-47-49(38-32-16-12-8-4)39-33-28-19-15-11-7-3/h49-51,54H,5-48H2,1-4H3. The number of aliphatic hydroxyl groups excluding tert-OH is 1. The summed E-state index contributed by atoms with van der Waals surface area (Å²) < 4.78 is 18.8. The maximum absolute atomic E-state index is 10.7. The van der Waals surface area contributed by atoms with Crippen molar-refractivity contribution in [3.05, 3.63) is 0 Å². The second kappa shape index (κ2) is 48.8. The molecule has 0 rings (SSSR count). The van der Waals surface area contributed by atoms with Crippen LogP contribution in [0.2, 0.25) is 0 Å². The van der Waals surface area contributed by atoms with Crippen LogP contribution in [0.25, 0.3) is 0 Å². The Labute approximate surface area is 363 Å². The van der Waals surface area contributed by atoms with Gasteiger partial charge in [0, 0.05) is 32.2 Å². The predicted octanol–water partition coefficient (Wildman–Crippen LogP) is 16.0. The van der Waals surface area contributed by atoms with Gasteiger partial charge in [-0.15, -0.1) is 11.6 Å². The molecule has 0 spiro atoms. The zero-order chi connectivity index (χ0) is 41.5. The van der Waals surface area contributed by atoms with E-state index in [1.54, 1.807) is 0 Å². The Morgan fingerprint density at radius 2 is 0.825 bits per heavy atom. The first kappa shape index (κ1) is 57.1. The predicted molar refractivity (Wildman–Crippen MR) is 252 cm³/mol. The molecule has 0 bridgehead atoms. The van der Waals surface area contributed by atoms with E-state index in [4.69, 9.17) is 25.8 Å². The van der Waals surface area contributed by atoms with Crippen LogP contribution in [0.3, 0.4) is 0 Å². The molecule has 0 radical (unpaired) electrons. The van der Waals surface area contributed by atoms with Crippen LogP contribution in [-0.2, 0) is 14.2 Å². The quantitative estimate of drug-likeness (QED) is 0.0376. The zero-order valence-corrected chi connectivity index (χ0v) is 40.1. The summed E-state index contributed by atoms with van der Waals surface area (Å²) in [5, 5.41) is 10.7. The van der Waals surface area contributed by atoms with Gasteiger partial charge in [-0.2, -0.15) is 0 Å². The molecule has 0 aromatic carbocycles. The van der Waals surface area contributed by atoms with E-state index in [-0.39, 0.29) is 6.10 Å². The smallest absolute Gasteiger partial charge is 0.154 e. The summed E-state index contributed by atoms with van der Waals surface area (Å²) in [5.41, 5.74) is 0. The Hall–Kier alpha value is 0.0900. The molecule has 0 heterocycles. The van der Waals surface area contributed by atoms with Gasteiger partial charge in [0.15, 0.2) is 6.29 Å². The Bertz CT molecular complexity index is 729. The average Bonchev–Trinajstić information content (AvgIpc) is 3.21. The third kappa shape index (κ3) is 44.0. The van der Waals surface area contributed by atoms with Gasteiger partial charge < -0.3 is 19.3 Å². The molecule has 0 aliphatic carbocycles. The fourth-order valence-corrected chi connectivity index (χ4v) is 8.39. The van der Waals surface area contributed by atoms with Crippen LogP contribution >= 0.6 is 11.6 Å². The molecule has 6 heteroatoms. The fourth-order valence-electron chi connectivity index (χ4n) is 8.15. The summed E-state index contributed by atoms with van der Waals surface area (Å²) in [6.07, 6.45) is 46.0. The lowest BCUT2D eigenvalue weighted by atomic mass is 9.95. The highest BCUT2D eigenvalue weighted by Gasteiger charge is 2.16. The van der Waals surface area contributed by atoms with Crippen molar-refractivity contribution >= 4 is 11.6 Å². The summed E-state index contributed by atoms with van der Waals surface area (Å²) in [5.74, 6) is 1.22. The van der Waals surface area contributed by atoms with Gasteiger partial charge in [-0.05, 0) is 57.4 Å². The number of hydrogen-bond donors (Lipinski definition) is 1. The second-order valence-corrected chi connectivity index (χ2v) is 18.2. The van der Waals surface area contributed by atoms with Crippen molar-refractivity contribution in [2.45, 2.75) is 271 Å². The third-order valence-corrected chi connectivity index (χ3v) is 12.2. The lowest BCUT2D eigenvalue weighted by molar-refractivity contribution is -0.115. The Morgan fingerprint density at radius 3 is 1.32 bits per heavy atom. The fraction of sp³-hybridized carbons (Fsp3) is 1.00. The number of ether oxygens (including phenoxy) is 3. The number of hydrogen-bond acceptors (Lipinski definition) is 5. The molecule has 0 aromatic heterocycles. The summed E-state index contributed by atoms with van der Waals surface area (Å²) >= 11 is 6.32. The van der Waals surface area contributed by atoms with Crippen molar-refractivity contribution in [1.82, 2.24) is 4.90 Å². The highest BCUT2D eigenvalue weighted by molar-refractivity contribution is 6.18. The summed E-state index contributed by atoms with van der Waals surface area (Å²) in [6.45, 7) is 15.0. The van der Waals surface area contributed by atoms with E-state index in [1.165, 1.54) is 193 Å². The molecule has 3 atom stereocenters. The zero-order valence-electron chi connectivity index (χ0n) is 39.3. The largest absolute Gasteiger partial charge is 0.379 e. The van der Waals surface area contributed by atoms with Crippen LogP contribution in [0.1, 0.15) is 259 Å². The molecule has 0 fully saturated rings. The molecule has 0 aliphatic heterocycles. The molecule has 0 aliphatic rings. The van der Waals surface area contributed by atoms with Crippen molar-refractivity contribution in [3.8, 4) is 0 Å². The molecule has 0 amide bonds. The van der Waals surface area contributed by atoms with Gasteiger partial charge in [0.1, 0.15) is 0 Å². The van der Waals surface area contributed by atoms with Gasteiger partial charge in [0.2, 0.25) is 0 Å². The summed E-state index contributed by atoms with van der Waals surface area (Å²) in [6, 6.07) is 0. The monoisotopic (exact) mass is 830 g/mol. The molecule has 3 unspecified atom stereocenters. The Balaban J connectivity index is 4.61. The Kier molecular flexibility index (Phi) is 48.8. The Morgan fingerprint density at radius 1 is 0.421 bits per heavy atom. The molecule has 344 valence electrons. The SMILES string of the molecule is CCCCCCCCCCCCOCC(CN(CCCl)CCCCCC(O)OCC(CCCCCC)CCCCCCCC)OCCCCCCCCCCCC. The number of nitrogens with zero attached hydrogens (tertiary/aromatic N) is 1. The van der Waals surface area contributed by atoms with Crippen LogP contribution in [0.15, 0.2) is 0 Å². The van der Waals surface area contributed by atoms with E-state index in [1.807, 2.05) is 0 Å². The lowest BCUT2D eigenvalue weighted by Crippen LogP contribution is -2.38. The van der Waals surface area contributed by atoms with Crippen molar-refractivity contribution in [1.29, 1.82) is 0 Å². The number of rotatable bonds is 50. The van der Waals surface area contributed by atoms with E-state index < -0.39 is 6.29 Å². The van der Waals surface area contributed by atoms with Crippen molar-refractivity contribution in [2.24, 2.45) is 5.92 Å². The maximum atomic E-state index is 10.7. The van der Waals surface area contributed by atoms with Gasteiger partial charge in [0.05, 0.1) is 19.3 Å². The molecule has 0 saturated heterocycles. The van der Waals surface area contributed by atoms with Gasteiger partial charge in [-0.3, -0.25) is 4.90 Å². The van der Waals surface area contributed by atoms with Gasteiger partial charge >= 0.3 is 0 Å². The molecule has 57 heavy (non-hydrogen) atoms. The number of aliphatic hydroxyl groups is 1. The number of halogens is 1.